The molecule has 0 spiro atoms. The Morgan fingerprint density at radius 2 is 1.76 bits per heavy atom. The first-order valence-corrected chi connectivity index (χ1v) is 7.56. The van der Waals surface area contributed by atoms with Crippen molar-refractivity contribution in [3.05, 3.63) is 66.0 Å². The second-order valence-corrected chi connectivity index (χ2v) is 5.59. The Bertz CT molecular complexity index is 513. The molecule has 1 aromatic heterocycles. The van der Waals surface area contributed by atoms with Crippen molar-refractivity contribution in [2.45, 2.75) is 25.3 Å². The predicted molar refractivity (Wildman–Crippen MR) is 88.3 cm³/mol. The van der Waals surface area contributed by atoms with Gasteiger partial charge in [0, 0.05) is 31.5 Å². The lowest BCUT2D eigenvalue weighted by Gasteiger charge is -2.32. The Hall–Kier alpha value is -1.71. The van der Waals surface area contributed by atoms with Gasteiger partial charge in [0.05, 0.1) is 0 Å². The molecular formula is C18H25N3. The van der Waals surface area contributed by atoms with E-state index in [9.17, 15) is 0 Å². The zero-order valence-corrected chi connectivity index (χ0v) is 12.9. The van der Waals surface area contributed by atoms with E-state index in [1.807, 2.05) is 12.4 Å². The first-order chi connectivity index (χ1) is 10.2. The monoisotopic (exact) mass is 283 g/mol. The number of hydrogen-bond acceptors (Lipinski definition) is 3. The number of hydrogen-bond donors (Lipinski definition) is 1. The molecule has 0 radical (unpaired) electrons. The van der Waals surface area contributed by atoms with Crippen LogP contribution in [0.3, 0.4) is 0 Å². The number of nitrogens with two attached hydrogens (primary N) is 1. The highest BCUT2D eigenvalue weighted by molar-refractivity contribution is 5.20. The van der Waals surface area contributed by atoms with Crippen LogP contribution in [0, 0.1) is 0 Å². The molecule has 2 rings (SSSR count). The van der Waals surface area contributed by atoms with Crippen molar-refractivity contribution in [1.82, 2.24) is 9.88 Å². The Kier molecular flexibility index (Phi) is 5.90. The summed E-state index contributed by atoms with van der Waals surface area (Å²) in [6.07, 6.45) is 4.72. The summed E-state index contributed by atoms with van der Waals surface area (Å²) in [4.78, 5) is 6.43. The van der Waals surface area contributed by atoms with E-state index in [4.69, 9.17) is 5.73 Å². The lowest BCUT2D eigenvalue weighted by atomic mass is 9.92. The lowest BCUT2D eigenvalue weighted by Crippen LogP contribution is -2.42. The van der Waals surface area contributed by atoms with E-state index in [0.29, 0.717) is 18.5 Å². The first kappa shape index (κ1) is 15.7. The minimum Gasteiger partial charge on any atom is -0.329 e. The van der Waals surface area contributed by atoms with Crippen LogP contribution in [0.1, 0.15) is 24.0 Å². The molecule has 21 heavy (non-hydrogen) atoms. The molecule has 0 amide bonds. The Morgan fingerprint density at radius 1 is 1.10 bits per heavy atom. The predicted octanol–water partition coefficient (Wildman–Crippen LogP) is 2.69. The summed E-state index contributed by atoms with van der Waals surface area (Å²) in [5, 5.41) is 0. The summed E-state index contributed by atoms with van der Waals surface area (Å²) in [7, 11) is 2.16. The van der Waals surface area contributed by atoms with Crippen LogP contribution in [-0.2, 0) is 6.42 Å². The molecular weight excluding hydrogens is 258 g/mol. The number of nitrogens with zero attached hydrogens (tertiary/aromatic N) is 2. The molecule has 0 saturated heterocycles. The van der Waals surface area contributed by atoms with Crippen LogP contribution in [0.4, 0.5) is 0 Å². The number of benzene rings is 1. The van der Waals surface area contributed by atoms with Crippen LogP contribution >= 0.6 is 0 Å². The maximum Gasteiger partial charge on any atom is 0.0281 e. The topological polar surface area (TPSA) is 42.1 Å². The Balaban J connectivity index is 1.96. The number of likely N-dealkylation sites (N-methyl/N-ethyl adjacent to an activating group) is 1. The maximum absolute atomic E-state index is 6.03. The Morgan fingerprint density at radius 3 is 2.38 bits per heavy atom. The highest BCUT2D eigenvalue weighted by Crippen LogP contribution is 2.22. The molecule has 2 unspecified atom stereocenters. The molecule has 3 nitrogen and oxygen atoms in total. The van der Waals surface area contributed by atoms with Crippen LogP contribution < -0.4 is 5.73 Å². The van der Waals surface area contributed by atoms with Crippen molar-refractivity contribution in [3.63, 3.8) is 0 Å². The largest absolute Gasteiger partial charge is 0.329 e. The third-order valence-corrected chi connectivity index (χ3v) is 4.21. The molecule has 112 valence electrons. The van der Waals surface area contributed by atoms with Crippen molar-refractivity contribution in [2.24, 2.45) is 5.73 Å². The molecule has 3 heteroatoms. The summed E-state index contributed by atoms with van der Waals surface area (Å²) in [6.45, 7) is 3.93. The minimum absolute atomic E-state index is 0.356. The molecule has 1 aromatic carbocycles. The van der Waals surface area contributed by atoms with E-state index in [2.05, 4.69) is 66.3 Å². The molecule has 0 aliphatic heterocycles. The molecule has 0 aliphatic carbocycles. The second kappa shape index (κ2) is 7.91. The van der Waals surface area contributed by atoms with Crippen molar-refractivity contribution in [2.75, 3.05) is 20.1 Å². The van der Waals surface area contributed by atoms with Gasteiger partial charge in [-0.15, -0.1) is 0 Å². The summed E-state index contributed by atoms with van der Waals surface area (Å²) in [6, 6.07) is 15.1. The van der Waals surface area contributed by atoms with Crippen LogP contribution in [0.2, 0.25) is 0 Å². The van der Waals surface area contributed by atoms with Gasteiger partial charge in [0.2, 0.25) is 0 Å². The lowest BCUT2D eigenvalue weighted by molar-refractivity contribution is 0.223. The van der Waals surface area contributed by atoms with E-state index in [0.717, 1.165) is 13.0 Å². The zero-order valence-electron chi connectivity index (χ0n) is 12.9. The second-order valence-electron chi connectivity index (χ2n) is 5.59. The average Bonchev–Trinajstić information content (AvgIpc) is 2.55. The summed E-state index contributed by atoms with van der Waals surface area (Å²) in [5.41, 5.74) is 8.70. The van der Waals surface area contributed by atoms with Gasteiger partial charge in [0.1, 0.15) is 0 Å². The smallest absolute Gasteiger partial charge is 0.0281 e. The van der Waals surface area contributed by atoms with E-state index in [1.165, 1.54) is 11.1 Å². The minimum atomic E-state index is 0.356. The molecule has 2 aromatic rings. The third-order valence-electron chi connectivity index (χ3n) is 4.21. The molecule has 2 N–H and O–H groups in total. The van der Waals surface area contributed by atoms with Crippen LogP contribution in [0.15, 0.2) is 54.9 Å². The molecule has 0 saturated carbocycles. The fourth-order valence-electron chi connectivity index (χ4n) is 2.77. The fourth-order valence-corrected chi connectivity index (χ4v) is 2.77. The molecule has 0 bridgehead atoms. The van der Waals surface area contributed by atoms with Gasteiger partial charge in [0.15, 0.2) is 0 Å². The average molecular weight is 283 g/mol. The molecule has 0 aliphatic rings. The number of aromatic nitrogens is 1. The first-order valence-electron chi connectivity index (χ1n) is 7.56. The van der Waals surface area contributed by atoms with Gasteiger partial charge in [-0.2, -0.15) is 0 Å². The number of rotatable bonds is 7. The zero-order chi connectivity index (χ0) is 15.1. The van der Waals surface area contributed by atoms with E-state index in [1.54, 1.807) is 0 Å². The maximum atomic E-state index is 6.03. The van der Waals surface area contributed by atoms with Gasteiger partial charge < -0.3 is 10.6 Å². The summed E-state index contributed by atoms with van der Waals surface area (Å²) < 4.78 is 0. The summed E-state index contributed by atoms with van der Waals surface area (Å²) >= 11 is 0. The normalized spacial score (nSPS) is 14.1. The molecule has 0 fully saturated rings. The van der Waals surface area contributed by atoms with Gasteiger partial charge in [-0.25, -0.2) is 0 Å². The van der Waals surface area contributed by atoms with Gasteiger partial charge in [-0.1, -0.05) is 37.3 Å². The molecule has 2 atom stereocenters. The SMILES string of the molecule is CC(c1ccccc1)C(CN)N(C)CCc1ccncc1. The van der Waals surface area contributed by atoms with Crippen molar-refractivity contribution in [1.29, 1.82) is 0 Å². The molecule has 1 heterocycles. The quantitative estimate of drug-likeness (QED) is 0.849. The number of pyridine rings is 1. The van der Waals surface area contributed by atoms with Crippen molar-refractivity contribution < 1.29 is 0 Å². The van der Waals surface area contributed by atoms with Crippen LogP contribution in [-0.4, -0.2) is 36.1 Å². The van der Waals surface area contributed by atoms with E-state index < -0.39 is 0 Å². The van der Waals surface area contributed by atoms with Crippen LogP contribution in [0.5, 0.6) is 0 Å². The van der Waals surface area contributed by atoms with E-state index >= 15 is 0 Å². The Labute approximate surface area is 127 Å². The van der Waals surface area contributed by atoms with Crippen molar-refractivity contribution in [3.8, 4) is 0 Å². The third kappa shape index (κ3) is 4.38. The highest BCUT2D eigenvalue weighted by atomic mass is 15.1. The highest BCUT2D eigenvalue weighted by Gasteiger charge is 2.21. The van der Waals surface area contributed by atoms with Crippen molar-refractivity contribution >= 4 is 0 Å². The van der Waals surface area contributed by atoms with E-state index in [-0.39, 0.29) is 0 Å². The standard InChI is InChI=1S/C18H25N3/c1-15(17-6-4-3-5-7-17)18(14-19)21(2)13-10-16-8-11-20-12-9-16/h3-9,11-12,15,18H,10,13-14,19H2,1-2H3. The van der Waals surface area contributed by atoms with Gasteiger partial charge >= 0.3 is 0 Å². The fraction of sp³-hybridized carbons (Fsp3) is 0.389. The van der Waals surface area contributed by atoms with Gasteiger partial charge in [-0.05, 0) is 42.6 Å². The van der Waals surface area contributed by atoms with Crippen LogP contribution in [0.25, 0.3) is 0 Å². The van der Waals surface area contributed by atoms with Gasteiger partial charge in [-0.3, -0.25) is 4.98 Å². The summed E-state index contributed by atoms with van der Waals surface area (Å²) in [5.74, 6) is 0.429. The van der Waals surface area contributed by atoms with Gasteiger partial charge in [0.25, 0.3) is 0 Å².